The number of rotatable bonds is 9. The monoisotopic (exact) mass is 468 g/mol. The van der Waals surface area contributed by atoms with Crippen molar-refractivity contribution in [2.45, 2.75) is 13.2 Å². The fourth-order valence-electron chi connectivity index (χ4n) is 2.57. The molecule has 0 unspecified atom stereocenters. The number of ether oxygens (including phenoxy) is 3. The van der Waals surface area contributed by atoms with Gasteiger partial charge in [-0.1, -0.05) is 23.2 Å². The Labute approximate surface area is 186 Å². The summed E-state index contributed by atoms with van der Waals surface area (Å²) in [4.78, 5) is 12.4. The van der Waals surface area contributed by atoms with Crippen molar-refractivity contribution in [2.24, 2.45) is 0 Å². The van der Waals surface area contributed by atoms with E-state index in [2.05, 4.69) is 4.74 Å². The van der Waals surface area contributed by atoms with Crippen LogP contribution in [0, 0.1) is 0 Å². The number of allylic oxidation sites excluding steroid dienone is 1. The van der Waals surface area contributed by atoms with Crippen molar-refractivity contribution in [3.8, 4) is 17.2 Å². The Bertz CT molecular complexity index is 1100. The summed E-state index contributed by atoms with van der Waals surface area (Å²) >= 11 is 11.9. The molecule has 1 aromatic heterocycles. The van der Waals surface area contributed by atoms with Crippen LogP contribution in [-0.4, -0.2) is 19.5 Å². The number of carbonyl (C=O) groups excluding carboxylic acids is 1. The second-order valence-electron chi connectivity index (χ2n) is 6.11. The smallest absolute Gasteiger partial charge is 0.387 e. The third kappa shape index (κ3) is 6.23. The minimum absolute atomic E-state index is 0.0258. The number of hydrogen-bond acceptors (Lipinski definition) is 5. The molecule has 31 heavy (non-hydrogen) atoms. The van der Waals surface area contributed by atoms with Gasteiger partial charge in [0.25, 0.3) is 0 Å². The molecule has 3 rings (SSSR count). The lowest BCUT2D eigenvalue weighted by atomic mass is 10.1. The lowest BCUT2D eigenvalue weighted by Gasteiger charge is -2.10. The summed E-state index contributed by atoms with van der Waals surface area (Å²) in [5.41, 5.74) is 0.238. The number of hydrogen-bond donors (Lipinski definition) is 0. The third-order valence-corrected chi connectivity index (χ3v) is 4.54. The zero-order valence-electron chi connectivity index (χ0n) is 16.1. The Hall–Kier alpha value is -3.03. The maximum absolute atomic E-state index is 12.4. The van der Waals surface area contributed by atoms with Crippen LogP contribution in [0.5, 0.6) is 17.2 Å². The predicted octanol–water partition coefficient (Wildman–Crippen LogP) is 6.67. The summed E-state index contributed by atoms with van der Waals surface area (Å²) in [5.74, 6) is 0.909. The SMILES string of the molecule is COc1cc(C(=O)/C=C/c2ccc(COc3ccc(Cl)cc3Cl)o2)ccc1OC(F)F. The van der Waals surface area contributed by atoms with Gasteiger partial charge in [-0.3, -0.25) is 4.79 Å². The van der Waals surface area contributed by atoms with E-state index < -0.39 is 6.61 Å². The second kappa shape index (κ2) is 10.3. The fourth-order valence-corrected chi connectivity index (χ4v) is 3.03. The van der Waals surface area contributed by atoms with Crippen molar-refractivity contribution in [1.29, 1.82) is 0 Å². The molecular formula is C22H16Cl2F2O5. The molecule has 0 fully saturated rings. The molecule has 0 aliphatic heterocycles. The van der Waals surface area contributed by atoms with Gasteiger partial charge in [0.2, 0.25) is 0 Å². The summed E-state index contributed by atoms with van der Waals surface area (Å²) in [6, 6.07) is 12.2. The quantitative estimate of drug-likeness (QED) is 0.259. The van der Waals surface area contributed by atoms with E-state index in [1.165, 1.54) is 37.5 Å². The van der Waals surface area contributed by atoms with E-state index in [1.54, 1.807) is 30.3 Å². The van der Waals surface area contributed by atoms with E-state index in [9.17, 15) is 13.6 Å². The molecule has 0 saturated carbocycles. The largest absolute Gasteiger partial charge is 0.493 e. The zero-order valence-corrected chi connectivity index (χ0v) is 17.6. The van der Waals surface area contributed by atoms with Crippen molar-refractivity contribution in [3.05, 3.63) is 81.7 Å². The molecular weight excluding hydrogens is 453 g/mol. The van der Waals surface area contributed by atoms with Crippen molar-refractivity contribution in [1.82, 2.24) is 0 Å². The van der Waals surface area contributed by atoms with Crippen LogP contribution in [0.3, 0.4) is 0 Å². The van der Waals surface area contributed by atoms with E-state index in [4.69, 9.17) is 37.1 Å². The van der Waals surface area contributed by atoms with Gasteiger partial charge in [0.15, 0.2) is 17.3 Å². The molecule has 5 nitrogen and oxygen atoms in total. The second-order valence-corrected chi connectivity index (χ2v) is 6.95. The Morgan fingerprint density at radius 1 is 1.06 bits per heavy atom. The number of alkyl halides is 2. The van der Waals surface area contributed by atoms with Gasteiger partial charge in [0, 0.05) is 10.6 Å². The van der Waals surface area contributed by atoms with Gasteiger partial charge < -0.3 is 18.6 Å². The molecule has 0 aliphatic rings. The summed E-state index contributed by atoms with van der Waals surface area (Å²) < 4.78 is 45.3. The molecule has 162 valence electrons. The number of benzene rings is 2. The van der Waals surface area contributed by atoms with Crippen LogP contribution in [0.4, 0.5) is 8.78 Å². The van der Waals surface area contributed by atoms with Crippen molar-refractivity contribution >= 4 is 35.1 Å². The summed E-state index contributed by atoms with van der Waals surface area (Å²) in [6.07, 6.45) is 2.78. The lowest BCUT2D eigenvalue weighted by Crippen LogP contribution is -2.04. The van der Waals surface area contributed by atoms with Crippen LogP contribution in [0.25, 0.3) is 6.08 Å². The molecule has 9 heteroatoms. The summed E-state index contributed by atoms with van der Waals surface area (Å²) in [5, 5.41) is 0.881. The average Bonchev–Trinajstić information content (AvgIpc) is 3.19. The van der Waals surface area contributed by atoms with Gasteiger partial charge in [-0.05, 0) is 60.7 Å². The first-order valence-electron chi connectivity index (χ1n) is 8.87. The van der Waals surface area contributed by atoms with Crippen LogP contribution in [0.1, 0.15) is 21.9 Å². The Morgan fingerprint density at radius 3 is 2.55 bits per heavy atom. The first kappa shape index (κ1) is 22.7. The Kier molecular flexibility index (Phi) is 7.55. The fraction of sp³-hybridized carbons (Fsp3) is 0.136. The maximum Gasteiger partial charge on any atom is 0.387 e. The third-order valence-electron chi connectivity index (χ3n) is 4.01. The van der Waals surface area contributed by atoms with Gasteiger partial charge in [0.1, 0.15) is 23.9 Å². The molecule has 3 aromatic rings. The first-order chi connectivity index (χ1) is 14.9. The molecule has 0 aliphatic carbocycles. The number of methoxy groups -OCH3 is 1. The number of furan rings is 1. The standard InChI is InChI=1S/C22H16Cl2F2O5/c1-28-21-10-13(2-8-20(21)31-22(25)26)18(27)7-6-15-4-5-16(30-15)12-29-19-9-3-14(23)11-17(19)24/h2-11,22H,12H2,1H3/b7-6+. The van der Waals surface area contributed by atoms with Crippen LogP contribution >= 0.6 is 23.2 Å². The van der Waals surface area contributed by atoms with Crippen LogP contribution in [0.15, 0.2) is 59.0 Å². The highest BCUT2D eigenvalue weighted by atomic mass is 35.5. The van der Waals surface area contributed by atoms with E-state index in [0.717, 1.165) is 0 Å². The highest BCUT2D eigenvalue weighted by Gasteiger charge is 2.13. The molecule has 0 N–H and O–H groups in total. The molecule has 0 radical (unpaired) electrons. The van der Waals surface area contributed by atoms with Crippen LogP contribution < -0.4 is 14.2 Å². The predicted molar refractivity (Wildman–Crippen MR) is 112 cm³/mol. The highest BCUT2D eigenvalue weighted by Crippen LogP contribution is 2.30. The van der Waals surface area contributed by atoms with Gasteiger partial charge in [-0.2, -0.15) is 8.78 Å². The van der Waals surface area contributed by atoms with Crippen LogP contribution in [-0.2, 0) is 6.61 Å². The van der Waals surface area contributed by atoms with Gasteiger partial charge in [0.05, 0.1) is 12.1 Å². The summed E-state index contributed by atoms with van der Waals surface area (Å²) in [6.45, 7) is -2.87. The topological polar surface area (TPSA) is 57.9 Å². The van der Waals surface area contributed by atoms with Crippen LogP contribution in [0.2, 0.25) is 10.0 Å². The van der Waals surface area contributed by atoms with E-state index in [-0.39, 0.29) is 29.5 Å². The normalized spacial score (nSPS) is 11.2. The zero-order chi connectivity index (χ0) is 22.4. The maximum atomic E-state index is 12.4. The van der Waals surface area contributed by atoms with Gasteiger partial charge in [-0.15, -0.1) is 0 Å². The Morgan fingerprint density at radius 2 is 1.84 bits per heavy atom. The lowest BCUT2D eigenvalue weighted by molar-refractivity contribution is -0.0512. The molecule has 2 aromatic carbocycles. The highest BCUT2D eigenvalue weighted by molar-refractivity contribution is 6.35. The first-order valence-corrected chi connectivity index (χ1v) is 9.63. The Balaban J connectivity index is 1.63. The molecule has 0 bridgehead atoms. The minimum atomic E-state index is -3.00. The average molecular weight is 469 g/mol. The van der Waals surface area contributed by atoms with Crippen molar-refractivity contribution < 1.29 is 32.2 Å². The van der Waals surface area contributed by atoms with Crippen molar-refractivity contribution in [2.75, 3.05) is 7.11 Å². The van der Waals surface area contributed by atoms with Gasteiger partial charge in [-0.25, -0.2) is 0 Å². The van der Waals surface area contributed by atoms with Crippen molar-refractivity contribution in [3.63, 3.8) is 0 Å². The number of halogens is 4. The number of carbonyl (C=O) groups is 1. The molecule has 0 spiro atoms. The van der Waals surface area contributed by atoms with E-state index >= 15 is 0 Å². The van der Waals surface area contributed by atoms with E-state index in [0.29, 0.717) is 27.3 Å². The number of ketones is 1. The molecule has 0 amide bonds. The summed E-state index contributed by atoms with van der Waals surface area (Å²) in [7, 11) is 1.29. The molecule has 0 saturated heterocycles. The molecule has 1 heterocycles. The van der Waals surface area contributed by atoms with E-state index in [1.807, 2.05) is 0 Å². The minimum Gasteiger partial charge on any atom is -0.493 e. The van der Waals surface area contributed by atoms with Gasteiger partial charge >= 0.3 is 6.61 Å². The molecule has 0 atom stereocenters.